The Morgan fingerprint density at radius 3 is 2.53 bits per heavy atom. The molecule has 1 aliphatic rings. The lowest BCUT2D eigenvalue weighted by molar-refractivity contribution is 0.264. The van der Waals surface area contributed by atoms with Gasteiger partial charge in [0.25, 0.3) is 0 Å². The minimum absolute atomic E-state index is 1.11. The first-order chi connectivity index (χ1) is 7.36. The Morgan fingerprint density at radius 1 is 1.07 bits per heavy atom. The van der Waals surface area contributed by atoms with Gasteiger partial charge in [-0.3, -0.25) is 5.01 Å². The first kappa shape index (κ1) is 12.4. The van der Waals surface area contributed by atoms with E-state index >= 15 is 0 Å². The Labute approximate surface area is 93.9 Å². The SMILES string of the molecule is CCCCCC1=CN(CCCCC)NN1. The highest BCUT2D eigenvalue weighted by Gasteiger charge is 2.09. The van der Waals surface area contributed by atoms with E-state index in [1.165, 1.54) is 50.6 Å². The smallest absolute Gasteiger partial charge is 0.0453 e. The quantitative estimate of drug-likeness (QED) is 0.604. The molecule has 0 spiro atoms. The second-order valence-electron chi connectivity index (χ2n) is 4.25. The molecule has 1 rings (SSSR count). The van der Waals surface area contributed by atoms with Crippen molar-refractivity contribution in [2.75, 3.05) is 6.54 Å². The fourth-order valence-corrected chi connectivity index (χ4v) is 1.74. The van der Waals surface area contributed by atoms with Crippen LogP contribution in [0, 0.1) is 0 Å². The minimum Gasteiger partial charge on any atom is -0.306 e. The zero-order valence-corrected chi connectivity index (χ0v) is 10.2. The first-order valence-electron chi connectivity index (χ1n) is 6.35. The third-order valence-corrected chi connectivity index (χ3v) is 2.72. The molecule has 0 aromatic carbocycles. The minimum atomic E-state index is 1.11. The zero-order valence-electron chi connectivity index (χ0n) is 10.2. The molecule has 0 aliphatic carbocycles. The van der Waals surface area contributed by atoms with Crippen molar-refractivity contribution in [1.82, 2.24) is 16.0 Å². The lowest BCUT2D eigenvalue weighted by Crippen LogP contribution is -2.36. The maximum absolute atomic E-state index is 3.23. The summed E-state index contributed by atoms with van der Waals surface area (Å²) in [6.07, 6.45) is 11.2. The molecule has 0 aromatic heterocycles. The molecule has 0 unspecified atom stereocenters. The lowest BCUT2D eigenvalue weighted by atomic mass is 10.2. The third-order valence-electron chi connectivity index (χ3n) is 2.72. The molecule has 0 amide bonds. The third kappa shape index (κ3) is 5.07. The number of hydrazine groups is 2. The molecule has 0 atom stereocenters. The lowest BCUT2D eigenvalue weighted by Gasteiger charge is -2.14. The van der Waals surface area contributed by atoms with Crippen LogP contribution in [0.5, 0.6) is 0 Å². The molecule has 0 saturated carbocycles. The van der Waals surface area contributed by atoms with Gasteiger partial charge in [-0.1, -0.05) is 39.5 Å². The molecule has 0 aromatic rings. The van der Waals surface area contributed by atoms with Crippen molar-refractivity contribution in [1.29, 1.82) is 0 Å². The van der Waals surface area contributed by atoms with Gasteiger partial charge in [0.2, 0.25) is 0 Å². The fraction of sp³-hybridized carbons (Fsp3) is 0.833. The Morgan fingerprint density at radius 2 is 1.80 bits per heavy atom. The number of hydrogen-bond donors (Lipinski definition) is 2. The van der Waals surface area contributed by atoms with Crippen LogP contribution in [0.25, 0.3) is 0 Å². The van der Waals surface area contributed by atoms with Gasteiger partial charge in [-0.15, -0.1) is 5.53 Å². The molecular formula is C12H25N3. The number of nitrogens with zero attached hydrogens (tertiary/aromatic N) is 1. The van der Waals surface area contributed by atoms with E-state index in [9.17, 15) is 0 Å². The summed E-state index contributed by atoms with van der Waals surface area (Å²) in [6.45, 7) is 5.59. The van der Waals surface area contributed by atoms with Crippen LogP contribution in [0.3, 0.4) is 0 Å². The second kappa shape index (κ2) is 7.57. The summed E-state index contributed by atoms with van der Waals surface area (Å²) in [5, 5.41) is 2.16. The predicted octanol–water partition coefficient (Wildman–Crippen LogP) is 2.92. The molecule has 15 heavy (non-hydrogen) atoms. The van der Waals surface area contributed by atoms with Crippen molar-refractivity contribution in [2.24, 2.45) is 0 Å². The van der Waals surface area contributed by atoms with Gasteiger partial charge in [-0.2, -0.15) is 0 Å². The van der Waals surface area contributed by atoms with Crippen LogP contribution in [0.1, 0.15) is 58.8 Å². The highest BCUT2D eigenvalue weighted by atomic mass is 15.7. The van der Waals surface area contributed by atoms with E-state index in [1.54, 1.807) is 0 Å². The number of rotatable bonds is 8. The van der Waals surface area contributed by atoms with E-state index in [-0.39, 0.29) is 0 Å². The maximum Gasteiger partial charge on any atom is 0.0453 e. The topological polar surface area (TPSA) is 27.3 Å². The average molecular weight is 211 g/mol. The van der Waals surface area contributed by atoms with Gasteiger partial charge in [0.05, 0.1) is 0 Å². The van der Waals surface area contributed by atoms with E-state index < -0.39 is 0 Å². The zero-order chi connectivity index (χ0) is 10.9. The van der Waals surface area contributed by atoms with E-state index in [4.69, 9.17) is 0 Å². The van der Waals surface area contributed by atoms with Crippen molar-refractivity contribution in [3.8, 4) is 0 Å². The van der Waals surface area contributed by atoms with Crippen molar-refractivity contribution in [3.05, 3.63) is 11.9 Å². The Kier molecular flexibility index (Phi) is 6.25. The van der Waals surface area contributed by atoms with Gasteiger partial charge in [-0.25, -0.2) is 0 Å². The summed E-state index contributed by atoms with van der Waals surface area (Å²) in [5.41, 5.74) is 7.75. The highest BCUT2D eigenvalue weighted by molar-refractivity contribution is 5.01. The van der Waals surface area contributed by atoms with Crippen LogP contribution in [0.15, 0.2) is 11.9 Å². The van der Waals surface area contributed by atoms with E-state index in [2.05, 4.69) is 36.0 Å². The van der Waals surface area contributed by atoms with Gasteiger partial charge in [0, 0.05) is 18.4 Å². The molecular weight excluding hydrogens is 186 g/mol. The second-order valence-corrected chi connectivity index (χ2v) is 4.25. The molecule has 1 heterocycles. The maximum atomic E-state index is 3.23. The first-order valence-corrected chi connectivity index (χ1v) is 6.35. The van der Waals surface area contributed by atoms with Crippen LogP contribution >= 0.6 is 0 Å². The molecule has 88 valence electrons. The standard InChI is InChI=1S/C12H25N3/c1-3-5-7-9-12-11-15(14-13-12)10-8-6-4-2/h11,13-14H,3-10H2,1-2H3. The van der Waals surface area contributed by atoms with Crippen molar-refractivity contribution in [2.45, 2.75) is 58.8 Å². The van der Waals surface area contributed by atoms with Gasteiger partial charge in [0.15, 0.2) is 0 Å². The molecule has 3 nitrogen and oxygen atoms in total. The number of hydrogen-bond acceptors (Lipinski definition) is 3. The Balaban J connectivity index is 2.10. The molecule has 2 N–H and O–H groups in total. The molecule has 0 fully saturated rings. The highest BCUT2D eigenvalue weighted by Crippen LogP contribution is 2.10. The van der Waals surface area contributed by atoms with Crippen LogP contribution in [0.4, 0.5) is 0 Å². The molecule has 3 heteroatoms. The number of nitrogens with one attached hydrogen (secondary N) is 2. The van der Waals surface area contributed by atoms with E-state index in [0.29, 0.717) is 0 Å². The predicted molar refractivity (Wildman–Crippen MR) is 64.7 cm³/mol. The van der Waals surface area contributed by atoms with Gasteiger partial charge in [-0.05, 0) is 19.3 Å². The van der Waals surface area contributed by atoms with Crippen molar-refractivity contribution >= 4 is 0 Å². The van der Waals surface area contributed by atoms with E-state index in [0.717, 1.165) is 6.54 Å². The van der Waals surface area contributed by atoms with Gasteiger partial charge < -0.3 is 5.43 Å². The summed E-state index contributed by atoms with van der Waals surface area (Å²) in [6, 6.07) is 0. The molecule has 1 aliphatic heterocycles. The van der Waals surface area contributed by atoms with Gasteiger partial charge >= 0.3 is 0 Å². The van der Waals surface area contributed by atoms with Crippen LogP contribution in [-0.4, -0.2) is 11.6 Å². The normalized spacial score (nSPS) is 15.3. The largest absolute Gasteiger partial charge is 0.306 e. The van der Waals surface area contributed by atoms with Crippen molar-refractivity contribution in [3.63, 3.8) is 0 Å². The van der Waals surface area contributed by atoms with Crippen molar-refractivity contribution < 1.29 is 0 Å². The van der Waals surface area contributed by atoms with Gasteiger partial charge in [0.1, 0.15) is 0 Å². The fourth-order valence-electron chi connectivity index (χ4n) is 1.74. The van der Waals surface area contributed by atoms with E-state index in [1.807, 2.05) is 0 Å². The summed E-state index contributed by atoms with van der Waals surface area (Å²) < 4.78 is 0. The molecule has 0 saturated heterocycles. The van der Waals surface area contributed by atoms with Crippen LogP contribution in [0.2, 0.25) is 0 Å². The summed E-state index contributed by atoms with van der Waals surface area (Å²) in [5.74, 6) is 0. The van der Waals surface area contributed by atoms with Crippen LogP contribution < -0.4 is 11.0 Å². The Hall–Kier alpha value is -0.700. The number of unbranched alkanes of at least 4 members (excludes halogenated alkanes) is 4. The molecule has 0 radical (unpaired) electrons. The average Bonchev–Trinajstić information content (AvgIpc) is 2.67. The number of allylic oxidation sites excluding steroid dienone is 1. The molecule has 0 bridgehead atoms. The Bertz CT molecular complexity index is 189. The summed E-state index contributed by atoms with van der Waals surface area (Å²) in [7, 11) is 0. The van der Waals surface area contributed by atoms with Crippen LogP contribution in [-0.2, 0) is 0 Å². The monoisotopic (exact) mass is 211 g/mol. The summed E-state index contributed by atoms with van der Waals surface area (Å²) in [4.78, 5) is 0. The summed E-state index contributed by atoms with van der Waals surface area (Å²) >= 11 is 0.